The van der Waals surface area contributed by atoms with Crippen LogP contribution in [0.3, 0.4) is 0 Å². The van der Waals surface area contributed by atoms with E-state index in [1.807, 2.05) is 19.9 Å². The molecule has 1 fully saturated rings. The van der Waals surface area contributed by atoms with Crippen LogP contribution in [0, 0.1) is 11.8 Å². The highest BCUT2D eigenvalue weighted by atomic mass is 35.5. The second-order valence-corrected chi connectivity index (χ2v) is 9.46. The lowest BCUT2D eigenvalue weighted by Crippen LogP contribution is -2.77. The molecule has 32 heavy (non-hydrogen) atoms. The zero-order valence-electron chi connectivity index (χ0n) is 18.5. The Hall–Kier alpha value is -2.13. The predicted molar refractivity (Wildman–Crippen MR) is 113 cm³/mol. The molecule has 8 nitrogen and oxygen atoms in total. The lowest BCUT2D eigenvalue weighted by molar-refractivity contribution is -0.288. The number of allylic oxidation sites excluding steroid dienone is 2. The van der Waals surface area contributed by atoms with Crippen LogP contribution in [-0.2, 0) is 23.8 Å². The number of halogens is 1. The highest BCUT2D eigenvalue weighted by molar-refractivity contribution is 6.45. The SMILES string of the molecule is CC[C@H](C)/C=C\C1=CC2=C(Cl)C(=O)[C@@]3(C)OC(=O)C4=C([C@@H](C)[C@H](C)O)O[C@@H](O1)[C@]2(O)[C@@]43O. The Morgan fingerprint density at radius 2 is 1.88 bits per heavy atom. The molecule has 4 rings (SSSR count). The van der Waals surface area contributed by atoms with E-state index in [2.05, 4.69) is 0 Å². The van der Waals surface area contributed by atoms with Crippen LogP contribution in [0.25, 0.3) is 0 Å². The fourth-order valence-electron chi connectivity index (χ4n) is 4.61. The van der Waals surface area contributed by atoms with Crippen LogP contribution >= 0.6 is 11.6 Å². The van der Waals surface area contributed by atoms with Gasteiger partial charge in [-0.15, -0.1) is 0 Å². The molecule has 174 valence electrons. The third kappa shape index (κ3) is 2.61. The summed E-state index contributed by atoms with van der Waals surface area (Å²) in [5, 5.41) is 33.6. The van der Waals surface area contributed by atoms with Crippen LogP contribution < -0.4 is 0 Å². The van der Waals surface area contributed by atoms with E-state index in [4.69, 9.17) is 25.8 Å². The molecule has 4 aliphatic rings. The summed E-state index contributed by atoms with van der Waals surface area (Å²) in [6.45, 7) is 8.31. The second kappa shape index (κ2) is 7.18. The van der Waals surface area contributed by atoms with E-state index in [0.29, 0.717) is 0 Å². The maximum Gasteiger partial charge on any atom is 0.341 e. The van der Waals surface area contributed by atoms with E-state index in [1.54, 1.807) is 13.0 Å². The van der Waals surface area contributed by atoms with Gasteiger partial charge in [0.2, 0.25) is 17.0 Å². The van der Waals surface area contributed by atoms with Gasteiger partial charge in [0, 0.05) is 11.5 Å². The lowest BCUT2D eigenvalue weighted by Gasteiger charge is -2.56. The smallest absolute Gasteiger partial charge is 0.341 e. The zero-order chi connectivity index (χ0) is 23.8. The van der Waals surface area contributed by atoms with Crippen molar-refractivity contribution in [2.24, 2.45) is 11.8 Å². The number of carbonyl (C=O) groups excluding carboxylic acids is 2. The molecule has 3 aliphatic heterocycles. The molecule has 1 aliphatic carbocycles. The third-order valence-corrected chi connectivity index (χ3v) is 7.48. The van der Waals surface area contributed by atoms with Gasteiger partial charge in [-0.25, -0.2) is 4.79 Å². The van der Waals surface area contributed by atoms with Gasteiger partial charge in [0.1, 0.15) is 17.1 Å². The molecule has 0 aromatic rings. The average Bonchev–Trinajstić information content (AvgIpc) is 2.96. The van der Waals surface area contributed by atoms with Gasteiger partial charge in [-0.2, -0.15) is 0 Å². The number of Topliss-reactive ketones (excluding diaryl/α,β-unsaturated/α-hetero) is 1. The van der Waals surface area contributed by atoms with Gasteiger partial charge in [-0.3, -0.25) is 4.79 Å². The van der Waals surface area contributed by atoms with Gasteiger partial charge in [0.15, 0.2) is 5.60 Å². The van der Waals surface area contributed by atoms with Gasteiger partial charge in [-0.1, -0.05) is 44.9 Å². The first-order chi connectivity index (χ1) is 14.8. The van der Waals surface area contributed by atoms with E-state index in [0.717, 1.165) is 6.42 Å². The molecular weight excluding hydrogens is 440 g/mol. The molecule has 3 N–H and O–H groups in total. The lowest BCUT2D eigenvalue weighted by atomic mass is 9.58. The highest BCUT2D eigenvalue weighted by Crippen LogP contribution is 2.62. The van der Waals surface area contributed by atoms with E-state index < -0.39 is 52.4 Å². The maximum absolute atomic E-state index is 13.2. The average molecular weight is 467 g/mol. The molecule has 9 heteroatoms. The monoisotopic (exact) mass is 466 g/mol. The molecule has 0 spiro atoms. The first-order valence-corrected chi connectivity index (χ1v) is 11.0. The Balaban J connectivity index is 2.00. The van der Waals surface area contributed by atoms with Crippen molar-refractivity contribution in [3.63, 3.8) is 0 Å². The van der Waals surface area contributed by atoms with Crippen LogP contribution in [0.5, 0.6) is 0 Å². The van der Waals surface area contributed by atoms with Gasteiger partial charge >= 0.3 is 5.97 Å². The minimum absolute atomic E-state index is 0.108. The van der Waals surface area contributed by atoms with Crippen molar-refractivity contribution in [3.05, 3.63) is 45.9 Å². The fraction of sp³-hybridized carbons (Fsp3) is 0.565. The van der Waals surface area contributed by atoms with Crippen LogP contribution in [0.4, 0.5) is 0 Å². The van der Waals surface area contributed by atoms with Crippen molar-refractivity contribution in [1.82, 2.24) is 0 Å². The number of carbonyl (C=O) groups is 2. The van der Waals surface area contributed by atoms with Gasteiger partial charge in [0.05, 0.1) is 11.1 Å². The largest absolute Gasteiger partial charge is 0.455 e. The Morgan fingerprint density at radius 3 is 2.47 bits per heavy atom. The highest BCUT2D eigenvalue weighted by Gasteiger charge is 2.83. The summed E-state index contributed by atoms with van der Waals surface area (Å²) in [5.74, 6) is -2.28. The van der Waals surface area contributed by atoms with E-state index in [-0.39, 0.29) is 28.0 Å². The van der Waals surface area contributed by atoms with Crippen molar-refractivity contribution in [2.75, 3.05) is 0 Å². The van der Waals surface area contributed by atoms with Gasteiger partial charge in [0.25, 0.3) is 6.29 Å². The molecule has 0 unspecified atom stereocenters. The van der Waals surface area contributed by atoms with Crippen molar-refractivity contribution in [2.45, 2.75) is 70.2 Å². The van der Waals surface area contributed by atoms with Gasteiger partial charge < -0.3 is 29.5 Å². The summed E-state index contributed by atoms with van der Waals surface area (Å²) in [7, 11) is 0. The summed E-state index contributed by atoms with van der Waals surface area (Å²) < 4.78 is 17.1. The van der Waals surface area contributed by atoms with Crippen LogP contribution in [0.15, 0.2) is 45.9 Å². The summed E-state index contributed by atoms with van der Waals surface area (Å²) in [6.07, 6.45) is 3.27. The number of rotatable bonds is 5. The molecule has 7 atom stereocenters. The molecular formula is C23H27ClO8. The third-order valence-electron chi connectivity index (χ3n) is 7.11. The quantitative estimate of drug-likeness (QED) is 0.526. The number of esters is 1. The number of ketones is 1. The topological polar surface area (TPSA) is 123 Å². The zero-order valence-corrected chi connectivity index (χ0v) is 19.3. The number of hydrogen-bond donors (Lipinski definition) is 3. The summed E-state index contributed by atoms with van der Waals surface area (Å²) in [5.41, 5.74) is -7.71. The Kier molecular flexibility index (Phi) is 5.17. The van der Waals surface area contributed by atoms with Crippen molar-refractivity contribution in [1.29, 1.82) is 0 Å². The van der Waals surface area contributed by atoms with E-state index >= 15 is 0 Å². The minimum Gasteiger partial charge on any atom is -0.455 e. The molecule has 0 amide bonds. The number of hydrogen-bond acceptors (Lipinski definition) is 8. The molecule has 0 saturated carbocycles. The molecule has 0 aromatic carbocycles. The standard InChI is InChI=1S/C23H27ClO8/c1-6-10(2)7-8-13-9-14-16(24)18(26)21(5)23(29)15(19(27)32-21)17(11(3)12(4)25)31-20(30-13)22(14,23)28/h7-12,20,25,28-29H,6H2,1-5H3/b8-7-/t10-,11-,12-,20+,21+,22-,23+/m0/s1. The minimum atomic E-state index is -2.55. The molecule has 0 radical (unpaired) electrons. The second-order valence-electron chi connectivity index (χ2n) is 9.08. The van der Waals surface area contributed by atoms with E-state index in [9.17, 15) is 24.9 Å². The van der Waals surface area contributed by atoms with Crippen LogP contribution in [0.2, 0.25) is 0 Å². The normalized spacial score (nSPS) is 38.7. The summed E-state index contributed by atoms with van der Waals surface area (Å²) >= 11 is 6.37. The van der Waals surface area contributed by atoms with Crippen LogP contribution in [0.1, 0.15) is 41.0 Å². The summed E-state index contributed by atoms with van der Waals surface area (Å²) in [4.78, 5) is 26.1. The van der Waals surface area contributed by atoms with E-state index in [1.165, 1.54) is 19.9 Å². The van der Waals surface area contributed by atoms with Crippen LogP contribution in [-0.4, -0.2) is 56.3 Å². The van der Waals surface area contributed by atoms with Gasteiger partial charge in [-0.05, 0) is 31.9 Å². The number of aliphatic hydroxyl groups is 3. The van der Waals surface area contributed by atoms with Crippen molar-refractivity contribution >= 4 is 23.4 Å². The maximum atomic E-state index is 13.2. The Labute approximate surface area is 190 Å². The predicted octanol–water partition coefficient (Wildman–Crippen LogP) is 1.98. The molecule has 3 heterocycles. The molecule has 0 bridgehead atoms. The fourth-order valence-corrected chi connectivity index (χ4v) is 4.99. The van der Waals surface area contributed by atoms with Crippen molar-refractivity contribution in [3.8, 4) is 0 Å². The Bertz CT molecular complexity index is 1020. The summed E-state index contributed by atoms with van der Waals surface area (Å²) in [6, 6.07) is 0. The number of aliphatic hydroxyl groups excluding tert-OH is 1. The first-order valence-electron chi connectivity index (χ1n) is 10.6. The Morgan fingerprint density at radius 1 is 1.22 bits per heavy atom. The van der Waals surface area contributed by atoms with Crippen molar-refractivity contribution < 1.29 is 39.1 Å². The molecule has 0 aromatic heterocycles. The molecule has 1 saturated heterocycles. The first kappa shape index (κ1) is 23.0. The number of ether oxygens (including phenoxy) is 3.